The van der Waals surface area contributed by atoms with Gasteiger partial charge in [0.2, 0.25) is 5.95 Å². The highest BCUT2D eigenvalue weighted by atomic mass is 16.6. The van der Waals surface area contributed by atoms with Crippen molar-refractivity contribution in [3.63, 3.8) is 0 Å². The Morgan fingerprint density at radius 2 is 1.79 bits per heavy atom. The summed E-state index contributed by atoms with van der Waals surface area (Å²) < 4.78 is 10.9. The summed E-state index contributed by atoms with van der Waals surface area (Å²) in [7, 11) is 3.37. The van der Waals surface area contributed by atoms with Crippen LogP contribution in [0.4, 0.5) is 22.2 Å². The average Bonchev–Trinajstić information content (AvgIpc) is 2.82. The fourth-order valence-electron chi connectivity index (χ4n) is 3.59. The molecule has 0 aliphatic carbocycles. The van der Waals surface area contributed by atoms with Crippen molar-refractivity contribution in [2.45, 2.75) is 39.7 Å². The monoisotopic (exact) mass is 470 g/mol. The van der Waals surface area contributed by atoms with E-state index in [2.05, 4.69) is 20.6 Å². The van der Waals surface area contributed by atoms with Crippen molar-refractivity contribution in [3.05, 3.63) is 35.5 Å². The molecule has 1 aliphatic heterocycles. The fraction of sp³-hybridized carbons (Fsp3) is 0.500. The molecule has 1 aliphatic rings. The van der Waals surface area contributed by atoms with Crippen LogP contribution in [0.3, 0.4) is 0 Å². The molecule has 1 aromatic carbocycles. The Morgan fingerprint density at radius 3 is 2.38 bits per heavy atom. The van der Waals surface area contributed by atoms with Crippen LogP contribution in [0.15, 0.2) is 24.4 Å². The second-order valence-electron chi connectivity index (χ2n) is 8.97. The van der Waals surface area contributed by atoms with Crippen LogP contribution in [-0.4, -0.2) is 77.7 Å². The molecule has 34 heavy (non-hydrogen) atoms. The Labute approximate surface area is 200 Å². The van der Waals surface area contributed by atoms with Gasteiger partial charge in [0, 0.05) is 50.6 Å². The Kier molecular flexibility index (Phi) is 7.80. The summed E-state index contributed by atoms with van der Waals surface area (Å²) in [6, 6.07) is 5.22. The molecule has 10 nitrogen and oxygen atoms in total. The van der Waals surface area contributed by atoms with E-state index < -0.39 is 5.60 Å². The van der Waals surface area contributed by atoms with Gasteiger partial charge in [0.15, 0.2) is 0 Å². The second kappa shape index (κ2) is 10.6. The third-order valence-corrected chi connectivity index (χ3v) is 5.40. The van der Waals surface area contributed by atoms with Crippen LogP contribution in [0, 0.1) is 0 Å². The van der Waals surface area contributed by atoms with Crippen LogP contribution in [0.5, 0.6) is 5.75 Å². The number of anilines is 3. The molecule has 2 amide bonds. The third-order valence-electron chi connectivity index (χ3n) is 5.40. The Bertz CT molecular complexity index is 1030. The van der Waals surface area contributed by atoms with Crippen LogP contribution >= 0.6 is 0 Å². The molecule has 0 spiro atoms. The highest BCUT2D eigenvalue weighted by molar-refractivity contribution is 5.95. The van der Waals surface area contributed by atoms with Gasteiger partial charge >= 0.3 is 6.09 Å². The summed E-state index contributed by atoms with van der Waals surface area (Å²) in [6.45, 7) is 9.28. The lowest BCUT2D eigenvalue weighted by atomic mass is 10.1. The first-order valence-corrected chi connectivity index (χ1v) is 11.4. The molecule has 3 rings (SSSR count). The number of nitrogens with one attached hydrogen (secondary N) is 2. The number of carbonyl (C=O) groups is 2. The van der Waals surface area contributed by atoms with Crippen molar-refractivity contribution in [2.24, 2.45) is 0 Å². The maximum Gasteiger partial charge on any atom is 0.410 e. The maximum absolute atomic E-state index is 13.1. The number of hydrogen-bond acceptors (Lipinski definition) is 8. The number of rotatable bonds is 6. The maximum atomic E-state index is 13.1. The SMILES string of the molecule is CCc1cnc(Nc2ccc(C(=O)N3CCN(C(=O)OC(C)(C)C)CC3)cc2OC)nc1NC. The molecule has 0 unspecified atom stereocenters. The van der Waals surface area contributed by atoms with Crippen LogP contribution < -0.4 is 15.4 Å². The molecule has 1 aromatic heterocycles. The van der Waals surface area contributed by atoms with Crippen molar-refractivity contribution in [3.8, 4) is 5.75 Å². The number of amides is 2. The Balaban J connectivity index is 1.67. The number of methoxy groups -OCH3 is 1. The third kappa shape index (κ3) is 6.06. The standard InChI is InChI=1S/C24H34N6O4/c1-7-16-15-26-22(28-20(16)25-5)27-18-9-8-17(14-19(18)33-6)21(31)29-10-12-30(13-11-29)23(32)34-24(2,3)4/h8-9,14-15H,7,10-13H2,1-6H3,(H2,25,26,27,28). The smallest absolute Gasteiger partial charge is 0.410 e. The number of benzene rings is 1. The quantitative estimate of drug-likeness (QED) is 0.660. The number of aromatic nitrogens is 2. The summed E-state index contributed by atoms with van der Waals surface area (Å²) in [5.74, 6) is 1.58. The van der Waals surface area contributed by atoms with E-state index in [9.17, 15) is 9.59 Å². The van der Waals surface area contributed by atoms with Gasteiger partial charge in [-0.2, -0.15) is 4.98 Å². The van der Waals surface area contributed by atoms with E-state index in [0.717, 1.165) is 17.8 Å². The molecule has 1 saturated heterocycles. The molecule has 2 heterocycles. The summed E-state index contributed by atoms with van der Waals surface area (Å²) in [6.07, 6.45) is 2.25. The molecule has 1 fully saturated rings. The lowest BCUT2D eigenvalue weighted by Crippen LogP contribution is -2.51. The summed E-state index contributed by atoms with van der Waals surface area (Å²) in [5, 5.41) is 6.24. The largest absolute Gasteiger partial charge is 0.495 e. The topological polar surface area (TPSA) is 109 Å². The molecule has 0 atom stereocenters. The predicted molar refractivity (Wildman–Crippen MR) is 131 cm³/mol. The summed E-state index contributed by atoms with van der Waals surface area (Å²) in [5.41, 5.74) is 1.63. The van der Waals surface area contributed by atoms with Crippen molar-refractivity contribution < 1.29 is 19.1 Å². The van der Waals surface area contributed by atoms with E-state index in [4.69, 9.17) is 9.47 Å². The lowest BCUT2D eigenvalue weighted by Gasteiger charge is -2.35. The van der Waals surface area contributed by atoms with Gasteiger partial charge in [0.05, 0.1) is 12.8 Å². The van der Waals surface area contributed by atoms with Gasteiger partial charge in [-0.3, -0.25) is 4.79 Å². The fourth-order valence-corrected chi connectivity index (χ4v) is 3.59. The molecular formula is C24H34N6O4. The first-order valence-electron chi connectivity index (χ1n) is 11.4. The van der Waals surface area contributed by atoms with Crippen LogP contribution in [0.2, 0.25) is 0 Å². The molecule has 2 aromatic rings. The van der Waals surface area contributed by atoms with Gasteiger partial charge in [-0.15, -0.1) is 0 Å². The van der Waals surface area contributed by atoms with E-state index in [1.165, 1.54) is 0 Å². The van der Waals surface area contributed by atoms with Crippen LogP contribution in [0.25, 0.3) is 0 Å². The highest BCUT2D eigenvalue weighted by Gasteiger charge is 2.28. The normalized spacial score (nSPS) is 13.9. The Hall–Kier alpha value is -3.56. The molecule has 0 saturated carbocycles. The van der Waals surface area contributed by atoms with Crippen molar-refractivity contribution in [1.29, 1.82) is 0 Å². The van der Waals surface area contributed by atoms with Crippen LogP contribution in [0.1, 0.15) is 43.6 Å². The van der Waals surface area contributed by atoms with Gasteiger partial charge < -0.3 is 29.9 Å². The van der Waals surface area contributed by atoms with E-state index >= 15 is 0 Å². The highest BCUT2D eigenvalue weighted by Crippen LogP contribution is 2.29. The summed E-state index contributed by atoms with van der Waals surface area (Å²) in [4.78, 5) is 37.6. The number of ether oxygens (including phenoxy) is 2. The van der Waals surface area contributed by atoms with E-state index in [0.29, 0.717) is 49.1 Å². The van der Waals surface area contributed by atoms with Gasteiger partial charge in [0.1, 0.15) is 17.2 Å². The van der Waals surface area contributed by atoms with Crippen molar-refractivity contribution in [2.75, 3.05) is 51.0 Å². The van der Waals surface area contributed by atoms with Gasteiger partial charge in [-0.05, 0) is 45.4 Å². The second-order valence-corrected chi connectivity index (χ2v) is 8.97. The zero-order valence-electron chi connectivity index (χ0n) is 20.8. The number of hydrogen-bond donors (Lipinski definition) is 2. The lowest BCUT2D eigenvalue weighted by molar-refractivity contribution is 0.0141. The van der Waals surface area contributed by atoms with E-state index in [1.807, 2.05) is 34.7 Å². The van der Waals surface area contributed by atoms with Gasteiger partial charge in [-0.1, -0.05) is 6.92 Å². The first kappa shape index (κ1) is 25.1. The van der Waals surface area contributed by atoms with Gasteiger partial charge in [-0.25, -0.2) is 9.78 Å². The zero-order valence-corrected chi connectivity index (χ0v) is 20.8. The average molecular weight is 471 g/mol. The number of aryl methyl sites for hydroxylation is 1. The first-order chi connectivity index (χ1) is 16.1. The van der Waals surface area contributed by atoms with E-state index in [1.54, 1.807) is 41.3 Å². The molecular weight excluding hydrogens is 436 g/mol. The molecule has 2 N–H and O–H groups in total. The predicted octanol–water partition coefficient (Wildman–Crippen LogP) is 3.53. The Morgan fingerprint density at radius 1 is 1.12 bits per heavy atom. The minimum atomic E-state index is -0.548. The molecule has 0 bridgehead atoms. The molecule has 0 radical (unpaired) electrons. The minimum absolute atomic E-state index is 0.116. The van der Waals surface area contributed by atoms with Crippen molar-refractivity contribution in [1.82, 2.24) is 19.8 Å². The number of nitrogens with zero attached hydrogens (tertiary/aromatic N) is 4. The molecule has 184 valence electrons. The van der Waals surface area contributed by atoms with Gasteiger partial charge in [0.25, 0.3) is 5.91 Å². The van der Waals surface area contributed by atoms with Crippen molar-refractivity contribution >= 4 is 29.5 Å². The number of piperazine rings is 1. The summed E-state index contributed by atoms with van der Waals surface area (Å²) >= 11 is 0. The zero-order chi connectivity index (χ0) is 24.9. The molecule has 10 heteroatoms. The van der Waals surface area contributed by atoms with E-state index in [-0.39, 0.29) is 12.0 Å². The number of carbonyl (C=O) groups excluding carboxylic acids is 2. The minimum Gasteiger partial charge on any atom is -0.495 e. The van der Waals surface area contributed by atoms with Crippen LogP contribution in [-0.2, 0) is 11.2 Å².